The van der Waals surface area contributed by atoms with E-state index in [4.69, 9.17) is 4.42 Å². The summed E-state index contributed by atoms with van der Waals surface area (Å²) in [7, 11) is 3.93. The van der Waals surface area contributed by atoms with E-state index in [9.17, 15) is 9.59 Å². The highest BCUT2D eigenvalue weighted by atomic mass is 16.3. The first-order chi connectivity index (χ1) is 13.0. The highest BCUT2D eigenvalue weighted by Gasteiger charge is 2.24. The highest BCUT2D eigenvalue weighted by Crippen LogP contribution is 2.16. The van der Waals surface area contributed by atoms with Gasteiger partial charge < -0.3 is 24.4 Å². The second kappa shape index (κ2) is 8.68. The van der Waals surface area contributed by atoms with Crippen LogP contribution in [0.1, 0.15) is 20.9 Å². The summed E-state index contributed by atoms with van der Waals surface area (Å²) in [6, 6.07) is 7.03. The summed E-state index contributed by atoms with van der Waals surface area (Å²) in [4.78, 5) is 34.7. The van der Waals surface area contributed by atoms with Gasteiger partial charge in [0.15, 0.2) is 5.76 Å². The van der Waals surface area contributed by atoms with Crippen LogP contribution in [-0.2, 0) is 0 Å². The summed E-state index contributed by atoms with van der Waals surface area (Å²) in [5, 5.41) is 2.87. The van der Waals surface area contributed by atoms with Crippen LogP contribution in [0.2, 0.25) is 0 Å². The van der Waals surface area contributed by atoms with E-state index >= 15 is 0 Å². The van der Waals surface area contributed by atoms with Crippen LogP contribution in [0.25, 0.3) is 0 Å². The van der Waals surface area contributed by atoms with Crippen molar-refractivity contribution in [3.8, 4) is 0 Å². The number of aromatic nitrogens is 1. The van der Waals surface area contributed by atoms with E-state index in [1.165, 1.54) is 6.26 Å². The molecule has 1 aliphatic heterocycles. The molecule has 8 nitrogen and oxygen atoms in total. The number of carbonyl (C=O) groups excluding carboxylic acids is 2. The highest BCUT2D eigenvalue weighted by molar-refractivity contribution is 5.94. The first-order valence-corrected chi connectivity index (χ1v) is 9.01. The van der Waals surface area contributed by atoms with Gasteiger partial charge in [0.25, 0.3) is 11.8 Å². The van der Waals surface area contributed by atoms with Gasteiger partial charge in [-0.05, 0) is 38.4 Å². The fourth-order valence-electron chi connectivity index (χ4n) is 2.90. The fraction of sp³-hybridized carbons (Fsp3) is 0.421. The molecule has 1 fully saturated rings. The third-order valence-electron chi connectivity index (χ3n) is 4.48. The molecule has 0 bridgehead atoms. The molecule has 0 spiro atoms. The first-order valence-electron chi connectivity index (χ1n) is 9.01. The number of rotatable bonds is 6. The fourth-order valence-corrected chi connectivity index (χ4v) is 2.90. The molecule has 0 radical (unpaired) electrons. The Bertz CT molecular complexity index is 750. The minimum Gasteiger partial charge on any atom is -0.459 e. The van der Waals surface area contributed by atoms with Gasteiger partial charge in [-0.2, -0.15) is 0 Å². The van der Waals surface area contributed by atoms with E-state index in [1.807, 2.05) is 25.1 Å². The van der Waals surface area contributed by atoms with Gasteiger partial charge in [0.1, 0.15) is 5.82 Å². The minimum atomic E-state index is -0.121. The van der Waals surface area contributed by atoms with Gasteiger partial charge in [0.05, 0.1) is 11.8 Å². The third kappa shape index (κ3) is 4.85. The van der Waals surface area contributed by atoms with Crippen LogP contribution >= 0.6 is 0 Å². The van der Waals surface area contributed by atoms with Gasteiger partial charge in [-0.15, -0.1) is 0 Å². The van der Waals surface area contributed by atoms with Crippen LogP contribution in [0.5, 0.6) is 0 Å². The lowest BCUT2D eigenvalue weighted by Gasteiger charge is -2.35. The van der Waals surface area contributed by atoms with Crippen molar-refractivity contribution in [2.45, 2.75) is 0 Å². The average molecular weight is 371 g/mol. The molecule has 2 aromatic heterocycles. The SMILES string of the molecule is CN(C)CCNC(=O)c1ccc(N2CCN(C(=O)c3ccco3)CC2)nc1. The number of nitrogens with zero attached hydrogens (tertiary/aromatic N) is 4. The Morgan fingerprint density at radius 3 is 2.56 bits per heavy atom. The molecule has 0 saturated carbocycles. The lowest BCUT2D eigenvalue weighted by atomic mass is 10.2. The number of anilines is 1. The van der Waals surface area contributed by atoms with Gasteiger partial charge in [-0.1, -0.05) is 0 Å². The number of carbonyl (C=O) groups is 2. The van der Waals surface area contributed by atoms with E-state index in [0.29, 0.717) is 44.0 Å². The van der Waals surface area contributed by atoms with Crippen molar-refractivity contribution in [1.82, 2.24) is 20.1 Å². The van der Waals surface area contributed by atoms with Gasteiger partial charge in [0.2, 0.25) is 0 Å². The second-order valence-corrected chi connectivity index (χ2v) is 6.72. The van der Waals surface area contributed by atoms with Crippen LogP contribution in [0, 0.1) is 0 Å². The summed E-state index contributed by atoms with van der Waals surface area (Å²) in [6.07, 6.45) is 3.10. The molecule has 27 heavy (non-hydrogen) atoms. The molecular weight excluding hydrogens is 346 g/mol. The predicted octanol–water partition coefficient (Wildman–Crippen LogP) is 0.928. The number of nitrogens with one attached hydrogen (secondary N) is 1. The van der Waals surface area contributed by atoms with Crippen LogP contribution < -0.4 is 10.2 Å². The van der Waals surface area contributed by atoms with Crippen molar-refractivity contribution in [3.05, 3.63) is 48.0 Å². The molecule has 144 valence electrons. The summed E-state index contributed by atoms with van der Waals surface area (Å²) >= 11 is 0. The molecule has 0 aromatic carbocycles. The number of piperazine rings is 1. The lowest BCUT2D eigenvalue weighted by Crippen LogP contribution is -2.49. The van der Waals surface area contributed by atoms with E-state index in [2.05, 4.69) is 15.2 Å². The summed E-state index contributed by atoms with van der Waals surface area (Å²) < 4.78 is 5.18. The quantitative estimate of drug-likeness (QED) is 0.814. The van der Waals surface area contributed by atoms with Crippen molar-refractivity contribution in [3.63, 3.8) is 0 Å². The first kappa shape index (κ1) is 18.9. The standard InChI is InChI=1S/C19H25N5O3/c1-22(2)8-7-20-18(25)15-5-6-17(21-14-15)23-9-11-24(12-10-23)19(26)16-4-3-13-27-16/h3-6,13-14H,7-12H2,1-2H3,(H,20,25). The van der Waals surface area contributed by atoms with Crippen LogP contribution in [0.3, 0.4) is 0 Å². The Kier molecular flexibility index (Phi) is 6.08. The number of likely N-dealkylation sites (N-methyl/N-ethyl adjacent to an activating group) is 1. The van der Waals surface area contributed by atoms with Gasteiger partial charge in [0, 0.05) is 45.5 Å². The van der Waals surface area contributed by atoms with Crippen molar-refractivity contribution in [2.75, 3.05) is 58.3 Å². The minimum absolute atomic E-state index is 0.0858. The zero-order chi connectivity index (χ0) is 19.2. The van der Waals surface area contributed by atoms with Crippen molar-refractivity contribution < 1.29 is 14.0 Å². The van der Waals surface area contributed by atoms with Gasteiger partial charge >= 0.3 is 0 Å². The molecule has 1 saturated heterocycles. The molecule has 3 heterocycles. The van der Waals surface area contributed by atoms with E-state index in [0.717, 1.165) is 12.4 Å². The molecule has 3 rings (SSSR count). The molecule has 0 aliphatic carbocycles. The van der Waals surface area contributed by atoms with Crippen molar-refractivity contribution in [1.29, 1.82) is 0 Å². The largest absolute Gasteiger partial charge is 0.459 e. The molecule has 1 aliphatic rings. The third-order valence-corrected chi connectivity index (χ3v) is 4.48. The topological polar surface area (TPSA) is 81.9 Å². The Hall–Kier alpha value is -2.87. The number of hydrogen-bond donors (Lipinski definition) is 1. The normalized spacial score (nSPS) is 14.5. The van der Waals surface area contributed by atoms with Crippen LogP contribution in [0.4, 0.5) is 5.82 Å². The van der Waals surface area contributed by atoms with Gasteiger partial charge in [-0.3, -0.25) is 9.59 Å². The lowest BCUT2D eigenvalue weighted by molar-refractivity contribution is 0.0714. The summed E-state index contributed by atoms with van der Waals surface area (Å²) in [5.41, 5.74) is 0.545. The Balaban J connectivity index is 1.51. The Morgan fingerprint density at radius 2 is 1.96 bits per heavy atom. The zero-order valence-corrected chi connectivity index (χ0v) is 15.7. The summed E-state index contributed by atoms with van der Waals surface area (Å²) in [6.45, 7) is 3.97. The zero-order valence-electron chi connectivity index (χ0n) is 15.7. The molecule has 0 unspecified atom stereocenters. The maximum Gasteiger partial charge on any atom is 0.289 e. The molecule has 1 N–H and O–H groups in total. The second-order valence-electron chi connectivity index (χ2n) is 6.72. The smallest absolute Gasteiger partial charge is 0.289 e. The molecule has 0 atom stereocenters. The number of pyridine rings is 1. The maximum absolute atomic E-state index is 12.3. The van der Waals surface area contributed by atoms with Crippen molar-refractivity contribution >= 4 is 17.6 Å². The maximum atomic E-state index is 12.3. The summed E-state index contributed by atoms with van der Waals surface area (Å²) in [5.74, 6) is 0.971. The van der Waals surface area contributed by atoms with Crippen LogP contribution in [0.15, 0.2) is 41.1 Å². The Labute approximate surface area is 158 Å². The van der Waals surface area contributed by atoms with Gasteiger partial charge in [-0.25, -0.2) is 4.98 Å². The molecule has 2 amide bonds. The number of amides is 2. The monoisotopic (exact) mass is 371 g/mol. The average Bonchev–Trinajstić information content (AvgIpc) is 3.22. The van der Waals surface area contributed by atoms with E-state index in [-0.39, 0.29) is 11.8 Å². The Morgan fingerprint density at radius 1 is 1.19 bits per heavy atom. The number of hydrogen-bond acceptors (Lipinski definition) is 6. The van der Waals surface area contributed by atoms with Crippen LogP contribution in [-0.4, -0.2) is 80.0 Å². The molecule has 2 aromatic rings. The van der Waals surface area contributed by atoms with E-state index < -0.39 is 0 Å². The number of furan rings is 1. The molecular formula is C19H25N5O3. The predicted molar refractivity (Wildman–Crippen MR) is 102 cm³/mol. The van der Waals surface area contributed by atoms with E-state index in [1.54, 1.807) is 29.3 Å². The van der Waals surface area contributed by atoms with Crippen molar-refractivity contribution in [2.24, 2.45) is 0 Å². The molecule has 8 heteroatoms.